The Kier molecular flexibility index (Phi) is 4.50. The van der Waals surface area contributed by atoms with Gasteiger partial charge < -0.3 is 15.0 Å². The second-order valence-corrected chi connectivity index (χ2v) is 5.33. The van der Waals surface area contributed by atoms with Crippen molar-refractivity contribution >= 4 is 0 Å². The van der Waals surface area contributed by atoms with E-state index in [-0.39, 0.29) is 19.0 Å². The van der Waals surface area contributed by atoms with Crippen molar-refractivity contribution in [2.75, 3.05) is 39.9 Å². The number of rotatable bonds is 3. The Labute approximate surface area is 106 Å². The zero-order valence-electron chi connectivity index (χ0n) is 10.7. The number of ether oxygens (including phenoxy) is 1. The standard InChI is InChI=1S/C12H21F3N2O/c1-16-11-8-18-7-9(11)5-17-4-2-3-10(6-17)12(13,14)15/h9-11,16H,2-8H2,1H3. The third-order valence-electron chi connectivity index (χ3n) is 4.03. The molecular weight excluding hydrogens is 245 g/mol. The van der Waals surface area contributed by atoms with Crippen LogP contribution in [0.25, 0.3) is 0 Å². The Morgan fingerprint density at radius 2 is 2.11 bits per heavy atom. The summed E-state index contributed by atoms with van der Waals surface area (Å²) in [5.41, 5.74) is 0. The molecule has 2 rings (SSSR count). The molecule has 0 amide bonds. The lowest BCUT2D eigenvalue weighted by Crippen LogP contribution is -2.46. The number of hydrogen-bond donors (Lipinski definition) is 1. The molecule has 3 atom stereocenters. The van der Waals surface area contributed by atoms with Crippen LogP contribution < -0.4 is 5.32 Å². The van der Waals surface area contributed by atoms with E-state index in [0.29, 0.717) is 32.1 Å². The SMILES string of the molecule is CNC1COCC1CN1CCCC(C(F)(F)F)C1. The topological polar surface area (TPSA) is 24.5 Å². The van der Waals surface area contributed by atoms with Gasteiger partial charge in [0.25, 0.3) is 0 Å². The van der Waals surface area contributed by atoms with Crippen molar-refractivity contribution in [1.29, 1.82) is 0 Å². The van der Waals surface area contributed by atoms with Crippen LogP contribution in [0.1, 0.15) is 12.8 Å². The molecule has 0 aromatic carbocycles. The summed E-state index contributed by atoms with van der Waals surface area (Å²) < 4.78 is 43.5. The lowest BCUT2D eigenvalue weighted by atomic mass is 9.95. The fourth-order valence-electron chi connectivity index (χ4n) is 2.92. The summed E-state index contributed by atoms with van der Waals surface area (Å²) in [6, 6.07) is 0.274. The number of likely N-dealkylation sites (N-methyl/N-ethyl adjacent to an activating group) is 1. The molecule has 0 spiro atoms. The summed E-state index contributed by atoms with van der Waals surface area (Å²) in [6.45, 7) is 2.95. The van der Waals surface area contributed by atoms with Gasteiger partial charge in [-0.25, -0.2) is 0 Å². The van der Waals surface area contributed by atoms with E-state index in [1.54, 1.807) is 0 Å². The largest absolute Gasteiger partial charge is 0.393 e. The van der Waals surface area contributed by atoms with E-state index < -0.39 is 12.1 Å². The molecule has 0 bridgehead atoms. The monoisotopic (exact) mass is 266 g/mol. The Hall–Kier alpha value is -0.330. The van der Waals surface area contributed by atoms with E-state index in [1.807, 2.05) is 11.9 Å². The Bertz CT molecular complexity index is 273. The van der Waals surface area contributed by atoms with Crippen molar-refractivity contribution in [1.82, 2.24) is 10.2 Å². The van der Waals surface area contributed by atoms with Crippen LogP contribution in [0, 0.1) is 11.8 Å². The van der Waals surface area contributed by atoms with Gasteiger partial charge in [-0.1, -0.05) is 0 Å². The Balaban J connectivity index is 1.86. The van der Waals surface area contributed by atoms with E-state index in [0.717, 1.165) is 6.54 Å². The normalized spacial score (nSPS) is 35.0. The average molecular weight is 266 g/mol. The summed E-state index contributed by atoms with van der Waals surface area (Å²) in [7, 11) is 1.88. The van der Waals surface area contributed by atoms with Crippen LogP contribution in [0.15, 0.2) is 0 Å². The number of hydrogen-bond acceptors (Lipinski definition) is 3. The molecule has 0 aliphatic carbocycles. The van der Waals surface area contributed by atoms with Crippen LogP contribution in [0.3, 0.4) is 0 Å². The number of halogens is 3. The van der Waals surface area contributed by atoms with Gasteiger partial charge in [0.2, 0.25) is 0 Å². The van der Waals surface area contributed by atoms with Crippen LogP contribution in [0.4, 0.5) is 13.2 Å². The van der Waals surface area contributed by atoms with E-state index in [9.17, 15) is 13.2 Å². The van der Waals surface area contributed by atoms with E-state index in [1.165, 1.54) is 0 Å². The number of alkyl halides is 3. The fraction of sp³-hybridized carbons (Fsp3) is 1.00. The minimum atomic E-state index is -4.05. The van der Waals surface area contributed by atoms with Crippen molar-refractivity contribution in [3.63, 3.8) is 0 Å². The predicted molar refractivity (Wildman–Crippen MR) is 62.4 cm³/mol. The first kappa shape index (κ1) is 14.1. The van der Waals surface area contributed by atoms with Crippen LogP contribution in [-0.2, 0) is 4.74 Å². The molecule has 0 aromatic rings. The summed E-state index contributed by atoms with van der Waals surface area (Å²) in [4.78, 5) is 1.95. The predicted octanol–water partition coefficient (Wildman–Crippen LogP) is 1.50. The van der Waals surface area contributed by atoms with Crippen LogP contribution in [0.2, 0.25) is 0 Å². The highest BCUT2D eigenvalue weighted by Gasteiger charge is 2.42. The van der Waals surface area contributed by atoms with Crippen molar-refractivity contribution in [3.05, 3.63) is 0 Å². The van der Waals surface area contributed by atoms with Gasteiger partial charge in [-0.15, -0.1) is 0 Å². The van der Waals surface area contributed by atoms with Crippen molar-refractivity contribution in [2.45, 2.75) is 25.1 Å². The van der Waals surface area contributed by atoms with Gasteiger partial charge in [0.05, 0.1) is 19.1 Å². The van der Waals surface area contributed by atoms with Gasteiger partial charge in [-0.2, -0.15) is 13.2 Å². The molecule has 2 aliphatic heterocycles. The summed E-state index contributed by atoms with van der Waals surface area (Å²) in [6.07, 6.45) is -3.13. The third-order valence-corrected chi connectivity index (χ3v) is 4.03. The quantitative estimate of drug-likeness (QED) is 0.837. The minimum absolute atomic E-state index is 0.149. The van der Waals surface area contributed by atoms with Crippen molar-refractivity contribution in [2.24, 2.45) is 11.8 Å². The van der Waals surface area contributed by atoms with Gasteiger partial charge in [0.1, 0.15) is 0 Å². The van der Waals surface area contributed by atoms with Crippen LogP contribution in [0.5, 0.6) is 0 Å². The molecule has 3 unspecified atom stereocenters. The molecular formula is C12H21F3N2O. The molecule has 2 saturated heterocycles. The molecule has 2 aliphatic rings. The maximum absolute atomic E-state index is 12.7. The molecule has 1 N–H and O–H groups in total. The van der Waals surface area contributed by atoms with Gasteiger partial charge in [0, 0.05) is 25.0 Å². The highest BCUT2D eigenvalue weighted by molar-refractivity contribution is 4.85. The number of piperidine rings is 1. The van der Waals surface area contributed by atoms with E-state index in [2.05, 4.69) is 5.32 Å². The van der Waals surface area contributed by atoms with Crippen LogP contribution in [-0.4, -0.2) is 57.0 Å². The third kappa shape index (κ3) is 3.36. The molecule has 2 heterocycles. The van der Waals surface area contributed by atoms with Gasteiger partial charge in [-0.3, -0.25) is 0 Å². The van der Waals surface area contributed by atoms with Crippen molar-refractivity contribution < 1.29 is 17.9 Å². The zero-order chi connectivity index (χ0) is 13.2. The molecule has 0 aromatic heterocycles. The maximum atomic E-state index is 12.7. The number of nitrogens with one attached hydrogen (secondary N) is 1. The van der Waals surface area contributed by atoms with E-state index >= 15 is 0 Å². The number of nitrogens with zero attached hydrogens (tertiary/aromatic N) is 1. The lowest BCUT2D eigenvalue weighted by Gasteiger charge is -2.35. The summed E-state index contributed by atoms with van der Waals surface area (Å²) in [5, 5.41) is 3.17. The summed E-state index contributed by atoms with van der Waals surface area (Å²) >= 11 is 0. The lowest BCUT2D eigenvalue weighted by molar-refractivity contribution is -0.187. The fourth-order valence-corrected chi connectivity index (χ4v) is 2.92. The molecule has 106 valence electrons. The molecule has 2 fully saturated rings. The highest BCUT2D eigenvalue weighted by atomic mass is 19.4. The molecule has 6 heteroatoms. The number of likely N-dealkylation sites (tertiary alicyclic amines) is 1. The maximum Gasteiger partial charge on any atom is 0.393 e. The molecule has 0 radical (unpaired) electrons. The average Bonchev–Trinajstić information content (AvgIpc) is 2.75. The first-order valence-electron chi connectivity index (χ1n) is 6.54. The first-order valence-corrected chi connectivity index (χ1v) is 6.54. The first-order chi connectivity index (χ1) is 8.50. The molecule has 18 heavy (non-hydrogen) atoms. The molecule has 0 saturated carbocycles. The zero-order valence-corrected chi connectivity index (χ0v) is 10.7. The Morgan fingerprint density at radius 1 is 1.33 bits per heavy atom. The summed E-state index contributed by atoms with van der Waals surface area (Å²) in [5.74, 6) is -0.844. The van der Waals surface area contributed by atoms with Gasteiger partial charge >= 0.3 is 6.18 Å². The second-order valence-electron chi connectivity index (χ2n) is 5.33. The van der Waals surface area contributed by atoms with Crippen LogP contribution >= 0.6 is 0 Å². The molecule has 3 nitrogen and oxygen atoms in total. The minimum Gasteiger partial charge on any atom is -0.379 e. The second kappa shape index (κ2) is 5.75. The van der Waals surface area contributed by atoms with Gasteiger partial charge in [-0.05, 0) is 26.4 Å². The van der Waals surface area contributed by atoms with Crippen molar-refractivity contribution in [3.8, 4) is 0 Å². The Morgan fingerprint density at radius 3 is 2.78 bits per heavy atom. The highest BCUT2D eigenvalue weighted by Crippen LogP contribution is 2.33. The van der Waals surface area contributed by atoms with Gasteiger partial charge in [0.15, 0.2) is 0 Å². The van der Waals surface area contributed by atoms with E-state index in [4.69, 9.17) is 4.74 Å². The smallest absolute Gasteiger partial charge is 0.379 e.